The van der Waals surface area contributed by atoms with Gasteiger partial charge in [-0.15, -0.1) is 12.4 Å². The summed E-state index contributed by atoms with van der Waals surface area (Å²) in [5, 5.41) is 3.41. The number of halogens is 1. The molecule has 1 N–H and O–H groups in total. The van der Waals surface area contributed by atoms with Gasteiger partial charge < -0.3 is 19.9 Å². The molecule has 2 fully saturated rings. The normalized spacial score (nSPS) is 22.6. The molecule has 0 aliphatic carbocycles. The molecule has 7 heteroatoms. The Balaban J connectivity index is 0.00000300. The van der Waals surface area contributed by atoms with E-state index >= 15 is 0 Å². The van der Waals surface area contributed by atoms with Crippen molar-refractivity contribution < 1.29 is 14.3 Å². The van der Waals surface area contributed by atoms with E-state index in [2.05, 4.69) is 5.32 Å². The Morgan fingerprint density at radius 3 is 2.59 bits per heavy atom. The highest BCUT2D eigenvalue weighted by molar-refractivity contribution is 5.85. The number of likely N-dealkylation sites (tertiary alicyclic amines) is 1. The number of piperazine rings is 1. The molecule has 3 rings (SSSR count). The standard InChI is InChI=1S/C22H33N3O3.ClH/c1-22(2,3)21(27)24-12-7-8-16(15-24)20(26)25-13-11-23-14-18(25)17-9-5-6-10-19(17)28-4;/h5-6,9-10,16,18,23H,7-8,11-15H2,1-4H3;1H. The van der Waals surface area contributed by atoms with Crippen molar-refractivity contribution in [2.24, 2.45) is 11.3 Å². The van der Waals surface area contributed by atoms with E-state index in [1.165, 1.54) is 0 Å². The average molecular weight is 424 g/mol. The molecule has 0 bridgehead atoms. The van der Waals surface area contributed by atoms with Crippen LogP contribution >= 0.6 is 12.4 Å². The van der Waals surface area contributed by atoms with Crippen LogP contribution in [0, 0.1) is 11.3 Å². The third-order valence-electron chi connectivity index (χ3n) is 5.72. The van der Waals surface area contributed by atoms with Crippen LogP contribution in [-0.4, -0.2) is 61.4 Å². The Kier molecular flexibility index (Phi) is 7.94. The lowest BCUT2D eigenvalue weighted by molar-refractivity contribution is -0.146. The zero-order chi connectivity index (χ0) is 20.3. The highest BCUT2D eigenvalue weighted by Gasteiger charge is 2.38. The molecule has 2 heterocycles. The van der Waals surface area contributed by atoms with E-state index in [1.807, 2.05) is 54.8 Å². The molecule has 0 spiro atoms. The number of hydrogen-bond acceptors (Lipinski definition) is 4. The zero-order valence-electron chi connectivity index (χ0n) is 17.9. The second-order valence-corrected chi connectivity index (χ2v) is 8.83. The maximum atomic E-state index is 13.5. The summed E-state index contributed by atoms with van der Waals surface area (Å²) in [7, 11) is 1.67. The number of para-hydroxylation sites is 1. The van der Waals surface area contributed by atoms with Crippen LogP contribution in [0.15, 0.2) is 24.3 Å². The van der Waals surface area contributed by atoms with Gasteiger partial charge in [-0.2, -0.15) is 0 Å². The molecule has 6 nitrogen and oxygen atoms in total. The molecule has 0 aromatic heterocycles. The van der Waals surface area contributed by atoms with Crippen LogP contribution in [0.1, 0.15) is 45.2 Å². The number of hydrogen-bond donors (Lipinski definition) is 1. The Morgan fingerprint density at radius 2 is 1.90 bits per heavy atom. The number of piperidine rings is 1. The van der Waals surface area contributed by atoms with Crippen molar-refractivity contribution >= 4 is 24.2 Å². The molecule has 2 amide bonds. The first kappa shape index (κ1) is 23.5. The summed E-state index contributed by atoms with van der Waals surface area (Å²) in [6, 6.07) is 7.86. The maximum Gasteiger partial charge on any atom is 0.228 e. The number of methoxy groups -OCH3 is 1. The molecule has 2 atom stereocenters. The number of carbonyl (C=O) groups is 2. The summed E-state index contributed by atoms with van der Waals surface area (Å²) < 4.78 is 5.54. The van der Waals surface area contributed by atoms with E-state index in [9.17, 15) is 9.59 Å². The van der Waals surface area contributed by atoms with Crippen molar-refractivity contribution in [1.82, 2.24) is 15.1 Å². The van der Waals surface area contributed by atoms with Crippen LogP contribution < -0.4 is 10.1 Å². The molecule has 2 aliphatic heterocycles. The minimum atomic E-state index is -0.417. The fraction of sp³-hybridized carbons (Fsp3) is 0.636. The molecule has 0 saturated carbocycles. The largest absolute Gasteiger partial charge is 0.496 e. The Bertz CT molecular complexity index is 719. The first-order chi connectivity index (χ1) is 13.3. The third-order valence-corrected chi connectivity index (χ3v) is 5.72. The molecule has 2 saturated heterocycles. The van der Waals surface area contributed by atoms with Crippen LogP contribution in [0.3, 0.4) is 0 Å². The van der Waals surface area contributed by atoms with Crippen LogP contribution in [0.25, 0.3) is 0 Å². The van der Waals surface area contributed by atoms with E-state index < -0.39 is 5.41 Å². The number of carbonyl (C=O) groups excluding carboxylic acids is 2. The number of nitrogens with one attached hydrogen (secondary N) is 1. The van der Waals surface area contributed by atoms with Gasteiger partial charge in [0.1, 0.15) is 5.75 Å². The summed E-state index contributed by atoms with van der Waals surface area (Å²) in [5.41, 5.74) is 0.615. The van der Waals surface area contributed by atoms with Crippen molar-refractivity contribution in [1.29, 1.82) is 0 Å². The highest BCUT2D eigenvalue weighted by atomic mass is 35.5. The van der Waals surface area contributed by atoms with Gasteiger partial charge in [-0.05, 0) is 18.9 Å². The van der Waals surface area contributed by atoms with Crippen molar-refractivity contribution in [3.63, 3.8) is 0 Å². The van der Waals surface area contributed by atoms with Gasteiger partial charge in [-0.1, -0.05) is 39.0 Å². The number of ether oxygens (including phenoxy) is 1. The minimum absolute atomic E-state index is 0. The molecule has 29 heavy (non-hydrogen) atoms. The fourth-order valence-corrected chi connectivity index (χ4v) is 4.26. The lowest BCUT2D eigenvalue weighted by atomic mass is 9.90. The zero-order valence-corrected chi connectivity index (χ0v) is 18.8. The Labute approximate surface area is 180 Å². The van der Waals surface area contributed by atoms with Crippen molar-refractivity contribution in [2.75, 3.05) is 39.8 Å². The predicted octanol–water partition coefficient (Wildman–Crippen LogP) is 2.87. The second kappa shape index (κ2) is 9.81. The van der Waals surface area contributed by atoms with Crippen molar-refractivity contribution in [3.8, 4) is 5.75 Å². The number of nitrogens with zero attached hydrogens (tertiary/aromatic N) is 2. The highest BCUT2D eigenvalue weighted by Crippen LogP contribution is 2.32. The van der Waals surface area contributed by atoms with Gasteiger partial charge >= 0.3 is 0 Å². The van der Waals surface area contributed by atoms with Gasteiger partial charge in [0.2, 0.25) is 11.8 Å². The first-order valence-electron chi connectivity index (χ1n) is 10.3. The third kappa shape index (κ3) is 5.23. The van der Waals surface area contributed by atoms with Gasteiger partial charge in [-0.25, -0.2) is 0 Å². The molecule has 2 unspecified atom stereocenters. The summed E-state index contributed by atoms with van der Waals surface area (Å²) in [6.45, 7) is 9.26. The van der Waals surface area contributed by atoms with Gasteiger partial charge in [0.05, 0.1) is 19.1 Å². The SMILES string of the molecule is COc1ccccc1C1CNCCN1C(=O)C1CCCN(C(=O)C(C)(C)C)C1.Cl. The first-order valence-corrected chi connectivity index (χ1v) is 10.3. The lowest BCUT2D eigenvalue weighted by Gasteiger charge is -2.42. The minimum Gasteiger partial charge on any atom is -0.496 e. The fourth-order valence-electron chi connectivity index (χ4n) is 4.26. The molecule has 1 aromatic rings. The number of rotatable bonds is 3. The summed E-state index contributed by atoms with van der Waals surface area (Å²) in [6.07, 6.45) is 1.72. The topological polar surface area (TPSA) is 61.9 Å². The summed E-state index contributed by atoms with van der Waals surface area (Å²) >= 11 is 0. The van der Waals surface area contributed by atoms with Gasteiger partial charge in [0, 0.05) is 43.7 Å². The van der Waals surface area contributed by atoms with Crippen LogP contribution in [0.4, 0.5) is 0 Å². The molecular weight excluding hydrogens is 390 g/mol. The molecular formula is C22H34ClN3O3. The van der Waals surface area contributed by atoms with E-state index in [0.717, 1.165) is 37.2 Å². The monoisotopic (exact) mass is 423 g/mol. The smallest absolute Gasteiger partial charge is 0.228 e. The van der Waals surface area contributed by atoms with Gasteiger partial charge in [0.25, 0.3) is 0 Å². The number of amides is 2. The molecule has 2 aliphatic rings. The maximum absolute atomic E-state index is 13.5. The van der Waals surface area contributed by atoms with Gasteiger partial charge in [0.15, 0.2) is 0 Å². The molecule has 162 valence electrons. The Hall–Kier alpha value is -1.79. The summed E-state index contributed by atoms with van der Waals surface area (Å²) in [4.78, 5) is 30.1. The lowest BCUT2D eigenvalue weighted by Crippen LogP contribution is -2.54. The Morgan fingerprint density at radius 1 is 1.17 bits per heavy atom. The second-order valence-electron chi connectivity index (χ2n) is 8.83. The van der Waals surface area contributed by atoms with E-state index in [4.69, 9.17) is 4.74 Å². The molecule has 0 radical (unpaired) electrons. The van der Waals surface area contributed by atoms with Crippen LogP contribution in [0.2, 0.25) is 0 Å². The molecule has 1 aromatic carbocycles. The van der Waals surface area contributed by atoms with E-state index in [-0.39, 0.29) is 36.2 Å². The van der Waals surface area contributed by atoms with E-state index in [0.29, 0.717) is 19.6 Å². The van der Waals surface area contributed by atoms with E-state index in [1.54, 1.807) is 7.11 Å². The average Bonchev–Trinajstić information content (AvgIpc) is 2.72. The predicted molar refractivity (Wildman–Crippen MR) is 116 cm³/mol. The van der Waals surface area contributed by atoms with Crippen molar-refractivity contribution in [2.45, 2.75) is 39.7 Å². The number of benzene rings is 1. The van der Waals surface area contributed by atoms with Crippen LogP contribution in [-0.2, 0) is 9.59 Å². The summed E-state index contributed by atoms with van der Waals surface area (Å²) in [5.74, 6) is 0.966. The van der Waals surface area contributed by atoms with Crippen LogP contribution in [0.5, 0.6) is 5.75 Å². The van der Waals surface area contributed by atoms with Crippen molar-refractivity contribution in [3.05, 3.63) is 29.8 Å². The van der Waals surface area contributed by atoms with Gasteiger partial charge in [-0.3, -0.25) is 9.59 Å². The quantitative estimate of drug-likeness (QED) is 0.812.